The number of amides is 2. The molecule has 0 saturated carbocycles. The summed E-state index contributed by atoms with van der Waals surface area (Å²) in [7, 11) is 0. The number of likely N-dealkylation sites (tertiary alicyclic amines) is 1. The molecule has 7 heteroatoms. The lowest BCUT2D eigenvalue weighted by atomic mass is 10.2. The van der Waals surface area contributed by atoms with Crippen LogP contribution in [-0.4, -0.2) is 56.2 Å². The Labute approximate surface area is 134 Å². The first-order chi connectivity index (χ1) is 11.2. The van der Waals surface area contributed by atoms with Crippen LogP contribution in [0.25, 0.3) is 0 Å². The molecule has 2 atom stereocenters. The van der Waals surface area contributed by atoms with E-state index in [1.165, 1.54) is 4.90 Å². The van der Waals surface area contributed by atoms with Crippen LogP contribution in [0.1, 0.15) is 12.0 Å². The zero-order valence-corrected chi connectivity index (χ0v) is 12.7. The van der Waals surface area contributed by atoms with Crippen molar-refractivity contribution in [3.05, 3.63) is 48.3 Å². The molecule has 0 bridgehead atoms. The minimum absolute atomic E-state index is 0.146. The quantitative estimate of drug-likeness (QED) is 0.781. The normalized spacial score (nSPS) is 20.7. The molecular formula is C16H20N4O3. The molecule has 2 amide bonds. The maximum absolute atomic E-state index is 12.2. The van der Waals surface area contributed by atoms with Crippen molar-refractivity contribution in [1.82, 2.24) is 14.7 Å². The van der Waals surface area contributed by atoms with Crippen LogP contribution < -0.4 is 5.32 Å². The Morgan fingerprint density at radius 1 is 1.35 bits per heavy atom. The van der Waals surface area contributed by atoms with E-state index in [4.69, 9.17) is 0 Å². The van der Waals surface area contributed by atoms with E-state index in [9.17, 15) is 15.0 Å². The summed E-state index contributed by atoms with van der Waals surface area (Å²) in [5.41, 5.74) is 1.76. The molecule has 0 unspecified atom stereocenters. The molecule has 3 rings (SSSR count). The van der Waals surface area contributed by atoms with Gasteiger partial charge in [-0.3, -0.25) is 4.68 Å². The van der Waals surface area contributed by atoms with Crippen molar-refractivity contribution in [2.24, 2.45) is 0 Å². The minimum Gasteiger partial charge on any atom is -0.394 e. The summed E-state index contributed by atoms with van der Waals surface area (Å²) in [6, 6.07) is 8.76. The smallest absolute Gasteiger partial charge is 0.322 e. The Bertz CT molecular complexity index is 642. The molecule has 0 spiro atoms. The van der Waals surface area contributed by atoms with Crippen molar-refractivity contribution in [2.45, 2.75) is 25.1 Å². The van der Waals surface area contributed by atoms with Crippen LogP contribution in [0.3, 0.4) is 0 Å². The van der Waals surface area contributed by atoms with Gasteiger partial charge in [-0.1, -0.05) is 12.1 Å². The van der Waals surface area contributed by atoms with Crippen LogP contribution in [0.15, 0.2) is 42.7 Å². The maximum Gasteiger partial charge on any atom is 0.322 e. The van der Waals surface area contributed by atoms with Crippen LogP contribution in [0.4, 0.5) is 10.5 Å². The average Bonchev–Trinajstić information content (AvgIpc) is 3.18. The van der Waals surface area contributed by atoms with E-state index in [2.05, 4.69) is 10.4 Å². The molecule has 122 valence electrons. The topological polar surface area (TPSA) is 90.6 Å². The van der Waals surface area contributed by atoms with Crippen LogP contribution in [-0.2, 0) is 6.54 Å². The molecule has 7 nitrogen and oxygen atoms in total. The summed E-state index contributed by atoms with van der Waals surface area (Å²) in [6.45, 7) is 0.772. The van der Waals surface area contributed by atoms with Gasteiger partial charge in [0.05, 0.1) is 25.3 Å². The Hall–Kier alpha value is -2.38. The number of nitrogens with zero attached hydrogens (tertiary/aromatic N) is 3. The van der Waals surface area contributed by atoms with Crippen LogP contribution in [0.2, 0.25) is 0 Å². The molecular weight excluding hydrogens is 296 g/mol. The third-order valence-corrected chi connectivity index (χ3v) is 3.97. The van der Waals surface area contributed by atoms with Crippen LogP contribution >= 0.6 is 0 Å². The second kappa shape index (κ2) is 6.80. The molecule has 1 aromatic carbocycles. The lowest BCUT2D eigenvalue weighted by Gasteiger charge is -2.23. The molecule has 2 aromatic rings. The molecule has 0 radical (unpaired) electrons. The van der Waals surface area contributed by atoms with E-state index >= 15 is 0 Å². The maximum atomic E-state index is 12.2. The summed E-state index contributed by atoms with van der Waals surface area (Å²) >= 11 is 0. The molecule has 1 fully saturated rings. The Kier molecular flexibility index (Phi) is 4.59. The Morgan fingerprint density at radius 3 is 2.78 bits per heavy atom. The number of carbonyl (C=O) groups excluding carboxylic acids is 1. The Balaban J connectivity index is 1.60. The second-order valence-electron chi connectivity index (χ2n) is 5.71. The molecule has 1 aliphatic rings. The third kappa shape index (κ3) is 3.69. The molecule has 0 aliphatic carbocycles. The van der Waals surface area contributed by atoms with Crippen molar-refractivity contribution in [3.8, 4) is 0 Å². The predicted octanol–water partition coefficient (Wildman–Crippen LogP) is 0.891. The number of urea groups is 1. The number of aromatic nitrogens is 2. The van der Waals surface area contributed by atoms with E-state index in [-0.39, 0.29) is 25.2 Å². The minimum atomic E-state index is -0.575. The Morgan fingerprint density at radius 2 is 2.13 bits per heavy atom. The third-order valence-electron chi connectivity index (χ3n) is 3.97. The van der Waals surface area contributed by atoms with Gasteiger partial charge in [-0.15, -0.1) is 0 Å². The number of aliphatic hydroxyl groups excluding tert-OH is 2. The molecule has 1 saturated heterocycles. The number of carbonyl (C=O) groups is 1. The summed E-state index contributed by atoms with van der Waals surface area (Å²) in [5, 5.41) is 25.9. The van der Waals surface area contributed by atoms with Crippen molar-refractivity contribution in [3.63, 3.8) is 0 Å². The van der Waals surface area contributed by atoms with Gasteiger partial charge in [-0.05, 0) is 30.2 Å². The van der Waals surface area contributed by atoms with Gasteiger partial charge in [-0.25, -0.2) is 4.79 Å². The van der Waals surface area contributed by atoms with Crippen molar-refractivity contribution >= 4 is 11.7 Å². The van der Waals surface area contributed by atoms with Gasteiger partial charge in [0, 0.05) is 24.6 Å². The van der Waals surface area contributed by atoms with Gasteiger partial charge < -0.3 is 20.4 Å². The summed E-state index contributed by atoms with van der Waals surface area (Å²) < 4.78 is 1.82. The number of β-amino-alcohol motifs (C(OH)–C–C–N with tert-alkyl or cyclic N) is 1. The highest BCUT2D eigenvalue weighted by Gasteiger charge is 2.33. The van der Waals surface area contributed by atoms with Gasteiger partial charge in [0.1, 0.15) is 0 Å². The second-order valence-corrected chi connectivity index (χ2v) is 5.71. The van der Waals surface area contributed by atoms with Gasteiger partial charge in [0.15, 0.2) is 0 Å². The number of aliphatic hydroxyl groups is 2. The zero-order chi connectivity index (χ0) is 16.2. The van der Waals surface area contributed by atoms with Gasteiger partial charge >= 0.3 is 6.03 Å². The van der Waals surface area contributed by atoms with E-state index in [0.717, 1.165) is 5.56 Å². The average molecular weight is 316 g/mol. The first-order valence-corrected chi connectivity index (χ1v) is 7.58. The van der Waals surface area contributed by atoms with E-state index in [0.29, 0.717) is 18.7 Å². The number of anilines is 1. The highest BCUT2D eigenvalue weighted by atomic mass is 16.3. The standard InChI is InChI=1S/C16H20N4O3/c21-11-14-8-15(22)10-20(14)16(23)18-13-4-2-12(3-5-13)9-19-7-1-6-17-19/h1-7,14-15,21-22H,8-11H2,(H,18,23)/t14-,15+/m0/s1. The number of benzene rings is 1. The van der Waals surface area contributed by atoms with E-state index in [1.54, 1.807) is 6.20 Å². The first-order valence-electron chi connectivity index (χ1n) is 7.58. The van der Waals surface area contributed by atoms with Crippen molar-refractivity contribution < 1.29 is 15.0 Å². The molecule has 23 heavy (non-hydrogen) atoms. The molecule has 1 aliphatic heterocycles. The molecule has 1 aromatic heterocycles. The fraction of sp³-hybridized carbons (Fsp3) is 0.375. The predicted molar refractivity (Wildman–Crippen MR) is 85.0 cm³/mol. The van der Waals surface area contributed by atoms with Gasteiger partial charge in [0.2, 0.25) is 0 Å². The lowest BCUT2D eigenvalue weighted by molar-refractivity contribution is 0.164. The van der Waals surface area contributed by atoms with Crippen LogP contribution in [0, 0.1) is 0 Å². The summed E-state index contributed by atoms with van der Waals surface area (Å²) in [6.07, 6.45) is 3.46. The van der Waals surface area contributed by atoms with E-state index < -0.39 is 6.10 Å². The van der Waals surface area contributed by atoms with Crippen molar-refractivity contribution in [1.29, 1.82) is 0 Å². The number of rotatable bonds is 4. The number of nitrogens with one attached hydrogen (secondary N) is 1. The first kappa shape index (κ1) is 15.5. The fourth-order valence-corrected chi connectivity index (χ4v) is 2.78. The largest absolute Gasteiger partial charge is 0.394 e. The van der Waals surface area contributed by atoms with Gasteiger partial charge in [-0.2, -0.15) is 5.10 Å². The summed E-state index contributed by atoms with van der Waals surface area (Å²) in [4.78, 5) is 13.7. The monoisotopic (exact) mass is 316 g/mol. The zero-order valence-electron chi connectivity index (χ0n) is 12.7. The number of hydrogen-bond donors (Lipinski definition) is 3. The highest BCUT2D eigenvalue weighted by molar-refractivity contribution is 5.89. The van der Waals surface area contributed by atoms with Crippen molar-refractivity contribution in [2.75, 3.05) is 18.5 Å². The molecule has 3 N–H and O–H groups in total. The van der Waals surface area contributed by atoms with Gasteiger partial charge in [0.25, 0.3) is 0 Å². The van der Waals surface area contributed by atoms with Crippen LogP contribution in [0.5, 0.6) is 0 Å². The fourth-order valence-electron chi connectivity index (χ4n) is 2.78. The summed E-state index contributed by atoms with van der Waals surface area (Å²) in [5.74, 6) is 0. The van der Waals surface area contributed by atoms with E-state index in [1.807, 2.05) is 41.2 Å². The molecule has 2 heterocycles. The highest BCUT2D eigenvalue weighted by Crippen LogP contribution is 2.19. The SMILES string of the molecule is O=C(Nc1ccc(Cn2cccn2)cc1)N1C[C@H](O)C[C@H]1CO. The lowest BCUT2D eigenvalue weighted by Crippen LogP contribution is -2.40. The number of hydrogen-bond acceptors (Lipinski definition) is 4.